The lowest BCUT2D eigenvalue weighted by Gasteiger charge is -2.22. The zero-order valence-electron chi connectivity index (χ0n) is 14.5. The van der Waals surface area contributed by atoms with Gasteiger partial charge in [-0.1, -0.05) is 48.0 Å². The van der Waals surface area contributed by atoms with Gasteiger partial charge in [0, 0.05) is 24.7 Å². The van der Waals surface area contributed by atoms with Crippen molar-refractivity contribution in [3.63, 3.8) is 0 Å². The van der Waals surface area contributed by atoms with Crippen LogP contribution < -0.4 is 5.32 Å². The van der Waals surface area contributed by atoms with E-state index in [0.29, 0.717) is 0 Å². The van der Waals surface area contributed by atoms with Crippen LogP contribution in [0.1, 0.15) is 34.0 Å². The molecule has 1 atom stereocenters. The van der Waals surface area contributed by atoms with Crippen LogP contribution in [0.4, 0.5) is 0 Å². The Labute approximate surface area is 139 Å². The summed E-state index contributed by atoms with van der Waals surface area (Å²) in [5, 5.41) is 3.09. The van der Waals surface area contributed by atoms with Crippen molar-refractivity contribution in [1.82, 2.24) is 10.2 Å². The van der Waals surface area contributed by atoms with Crippen LogP contribution in [0.5, 0.6) is 0 Å². The summed E-state index contributed by atoms with van der Waals surface area (Å²) in [5.41, 5.74) is 4.23. The van der Waals surface area contributed by atoms with Crippen molar-refractivity contribution in [2.75, 3.05) is 13.6 Å². The summed E-state index contributed by atoms with van der Waals surface area (Å²) in [6.07, 6.45) is 0. The maximum atomic E-state index is 12.4. The van der Waals surface area contributed by atoms with Gasteiger partial charge >= 0.3 is 0 Å². The second kappa shape index (κ2) is 7.93. The lowest BCUT2D eigenvalue weighted by atomic mass is 10.0. The van der Waals surface area contributed by atoms with Crippen LogP contribution in [0.3, 0.4) is 0 Å². The first-order chi connectivity index (χ1) is 11.0. The Kier molecular flexibility index (Phi) is 5.94. The Balaban J connectivity index is 1.88. The van der Waals surface area contributed by atoms with Crippen LogP contribution in [0.15, 0.2) is 48.5 Å². The van der Waals surface area contributed by atoms with E-state index in [1.54, 1.807) is 0 Å². The van der Waals surface area contributed by atoms with Gasteiger partial charge in [0.2, 0.25) is 0 Å². The fourth-order valence-corrected chi connectivity index (χ4v) is 2.84. The SMILES string of the molecule is Cc1ccc(C(=O)NC(C)CN(C)Cc2ccccc2)c(C)c1. The first kappa shape index (κ1) is 17.2. The van der Waals surface area contributed by atoms with Crippen molar-refractivity contribution in [2.45, 2.75) is 33.4 Å². The molecular weight excluding hydrogens is 284 g/mol. The number of carbonyl (C=O) groups is 1. The molecule has 0 aliphatic rings. The second-order valence-electron chi connectivity index (χ2n) is 6.38. The van der Waals surface area contributed by atoms with Gasteiger partial charge in [-0.15, -0.1) is 0 Å². The van der Waals surface area contributed by atoms with E-state index >= 15 is 0 Å². The van der Waals surface area contributed by atoms with Crippen LogP contribution in [0, 0.1) is 13.8 Å². The summed E-state index contributed by atoms with van der Waals surface area (Å²) in [4.78, 5) is 14.6. The molecule has 0 heterocycles. The smallest absolute Gasteiger partial charge is 0.251 e. The van der Waals surface area contributed by atoms with Crippen molar-refractivity contribution < 1.29 is 4.79 Å². The maximum Gasteiger partial charge on any atom is 0.251 e. The Morgan fingerprint density at radius 2 is 1.83 bits per heavy atom. The van der Waals surface area contributed by atoms with Gasteiger partial charge in [0.1, 0.15) is 0 Å². The molecular formula is C20H26N2O. The molecule has 23 heavy (non-hydrogen) atoms. The molecule has 0 saturated heterocycles. The summed E-state index contributed by atoms with van der Waals surface area (Å²) in [7, 11) is 2.08. The van der Waals surface area contributed by atoms with Gasteiger partial charge < -0.3 is 10.2 Å². The zero-order chi connectivity index (χ0) is 16.8. The molecule has 0 radical (unpaired) electrons. The van der Waals surface area contributed by atoms with Gasteiger partial charge in [-0.05, 0) is 45.0 Å². The molecule has 122 valence electrons. The Morgan fingerprint density at radius 1 is 1.13 bits per heavy atom. The minimum atomic E-state index is 0.00288. The number of hydrogen-bond donors (Lipinski definition) is 1. The van der Waals surface area contributed by atoms with E-state index in [4.69, 9.17) is 0 Å². The molecule has 2 rings (SSSR count). The molecule has 1 amide bonds. The van der Waals surface area contributed by atoms with Crippen molar-refractivity contribution in [1.29, 1.82) is 0 Å². The third-order valence-electron chi connectivity index (χ3n) is 3.88. The minimum absolute atomic E-state index is 0.00288. The molecule has 1 N–H and O–H groups in total. The lowest BCUT2D eigenvalue weighted by Crippen LogP contribution is -2.40. The van der Waals surface area contributed by atoms with E-state index in [9.17, 15) is 4.79 Å². The van der Waals surface area contributed by atoms with E-state index in [1.165, 1.54) is 11.1 Å². The first-order valence-corrected chi connectivity index (χ1v) is 8.06. The molecule has 0 aromatic heterocycles. The van der Waals surface area contributed by atoms with E-state index in [2.05, 4.69) is 41.5 Å². The molecule has 0 fully saturated rings. The summed E-state index contributed by atoms with van der Waals surface area (Å²) in [6.45, 7) is 7.75. The number of likely N-dealkylation sites (N-methyl/N-ethyl adjacent to an activating group) is 1. The second-order valence-corrected chi connectivity index (χ2v) is 6.38. The standard InChI is InChI=1S/C20H26N2O/c1-15-10-11-19(16(2)12-15)20(23)21-17(3)13-22(4)14-18-8-6-5-7-9-18/h5-12,17H,13-14H2,1-4H3,(H,21,23). The Bertz CT molecular complexity index is 652. The predicted molar refractivity (Wildman–Crippen MR) is 95.6 cm³/mol. The summed E-state index contributed by atoms with van der Waals surface area (Å²) < 4.78 is 0. The summed E-state index contributed by atoms with van der Waals surface area (Å²) in [5.74, 6) is 0.00288. The predicted octanol–water partition coefficient (Wildman–Crippen LogP) is 3.55. The van der Waals surface area contributed by atoms with E-state index in [0.717, 1.165) is 24.2 Å². The molecule has 2 aromatic rings. The van der Waals surface area contributed by atoms with Crippen LogP contribution in [0.25, 0.3) is 0 Å². The number of hydrogen-bond acceptors (Lipinski definition) is 2. The van der Waals surface area contributed by atoms with Crippen molar-refractivity contribution in [3.05, 3.63) is 70.8 Å². The average Bonchev–Trinajstić information content (AvgIpc) is 2.47. The molecule has 0 saturated carbocycles. The van der Waals surface area contributed by atoms with Gasteiger partial charge in [0.05, 0.1) is 0 Å². The largest absolute Gasteiger partial charge is 0.348 e. The summed E-state index contributed by atoms with van der Waals surface area (Å²) >= 11 is 0. The number of aryl methyl sites for hydroxylation is 2. The molecule has 0 aliphatic heterocycles. The van der Waals surface area contributed by atoms with Crippen molar-refractivity contribution in [2.24, 2.45) is 0 Å². The fraction of sp³-hybridized carbons (Fsp3) is 0.350. The third-order valence-corrected chi connectivity index (χ3v) is 3.88. The van der Waals surface area contributed by atoms with Gasteiger partial charge in [0.25, 0.3) is 5.91 Å². The topological polar surface area (TPSA) is 32.3 Å². The summed E-state index contributed by atoms with van der Waals surface area (Å²) in [6, 6.07) is 16.4. The normalized spacial score (nSPS) is 12.2. The zero-order valence-corrected chi connectivity index (χ0v) is 14.5. The van der Waals surface area contributed by atoms with Gasteiger partial charge in [0.15, 0.2) is 0 Å². The number of carbonyl (C=O) groups excluding carboxylic acids is 1. The van der Waals surface area contributed by atoms with Crippen LogP contribution in [-0.4, -0.2) is 30.4 Å². The fourth-order valence-electron chi connectivity index (χ4n) is 2.84. The van der Waals surface area contributed by atoms with Crippen LogP contribution in [-0.2, 0) is 6.54 Å². The number of nitrogens with one attached hydrogen (secondary N) is 1. The average molecular weight is 310 g/mol. The molecule has 3 nitrogen and oxygen atoms in total. The first-order valence-electron chi connectivity index (χ1n) is 8.06. The number of amides is 1. The highest BCUT2D eigenvalue weighted by atomic mass is 16.1. The van der Waals surface area contributed by atoms with Crippen LogP contribution >= 0.6 is 0 Å². The van der Waals surface area contributed by atoms with Crippen LogP contribution in [0.2, 0.25) is 0 Å². The monoisotopic (exact) mass is 310 g/mol. The van der Waals surface area contributed by atoms with Gasteiger partial charge in [-0.25, -0.2) is 0 Å². The Morgan fingerprint density at radius 3 is 2.48 bits per heavy atom. The highest BCUT2D eigenvalue weighted by Crippen LogP contribution is 2.11. The van der Waals surface area contributed by atoms with Crippen molar-refractivity contribution >= 4 is 5.91 Å². The number of rotatable bonds is 6. The van der Waals surface area contributed by atoms with Gasteiger partial charge in [-0.3, -0.25) is 4.79 Å². The quantitative estimate of drug-likeness (QED) is 0.885. The third kappa shape index (κ3) is 5.22. The van der Waals surface area contributed by atoms with E-state index in [-0.39, 0.29) is 11.9 Å². The van der Waals surface area contributed by atoms with E-state index < -0.39 is 0 Å². The molecule has 0 aliphatic carbocycles. The molecule has 0 spiro atoms. The minimum Gasteiger partial charge on any atom is -0.348 e. The number of nitrogens with zero attached hydrogens (tertiary/aromatic N) is 1. The maximum absolute atomic E-state index is 12.4. The highest BCUT2D eigenvalue weighted by Gasteiger charge is 2.13. The highest BCUT2D eigenvalue weighted by molar-refractivity contribution is 5.95. The molecule has 1 unspecified atom stereocenters. The van der Waals surface area contributed by atoms with E-state index in [1.807, 2.05) is 45.0 Å². The van der Waals surface area contributed by atoms with Crippen molar-refractivity contribution in [3.8, 4) is 0 Å². The molecule has 0 bridgehead atoms. The van der Waals surface area contributed by atoms with Gasteiger partial charge in [-0.2, -0.15) is 0 Å². The lowest BCUT2D eigenvalue weighted by molar-refractivity contribution is 0.0931. The Hall–Kier alpha value is -2.13. The number of benzene rings is 2. The molecule has 2 aromatic carbocycles. The molecule has 3 heteroatoms.